The van der Waals surface area contributed by atoms with Crippen LogP contribution in [-0.2, 0) is 28.8 Å². The molecular formula is C38H80N10O6S. The molecule has 1 spiro atoms. The van der Waals surface area contributed by atoms with Crippen molar-refractivity contribution in [1.29, 1.82) is 0 Å². The van der Waals surface area contributed by atoms with E-state index in [2.05, 4.69) is 53.2 Å². The standard InChI is InChI=1S/2C5H9NO.C5H11N.C4H10N2.C4H9NO2S.C4H9NO.C4H7NO.C4H9N.C3H7N/c1-5(2-6-1)3-7-4-5;1-4-3-7-5(1)2-6-4;1-2-4-6-5-3-1;1-2-6-4-3-5-1;6-8(7)3-1-5-2-4-8;1-3-6-4-2-5-1;6-4-2-1-3-5-4;1-2-4-5-3-1;1-2-4-3-1/h6H,1-4H2;4-6H,1-3H2;6H,1-5H2;5-6H,1-4H2;5H,1-4H2;5H,1-4H2;1-3H2,(H,5,6);5H,1-4H2;4H,1-3H2/t;4-,5-;;;;;;;/m.0......./s1. The highest BCUT2D eigenvalue weighted by Crippen LogP contribution is 2.30. The van der Waals surface area contributed by atoms with Gasteiger partial charge in [0.15, 0.2) is 9.84 Å². The first-order chi connectivity index (χ1) is 27.0. The Morgan fingerprint density at radius 3 is 1.20 bits per heavy atom. The van der Waals surface area contributed by atoms with Crippen molar-refractivity contribution in [2.24, 2.45) is 5.41 Å². The average molecular weight is 805 g/mol. The number of hydrogen-bond acceptors (Lipinski definition) is 15. The lowest BCUT2D eigenvalue weighted by atomic mass is 9.80. The minimum absolute atomic E-state index is 0.204. The van der Waals surface area contributed by atoms with Crippen LogP contribution >= 0.6 is 0 Å². The van der Waals surface area contributed by atoms with Crippen molar-refractivity contribution in [2.75, 3.05) is 162 Å². The molecule has 11 fully saturated rings. The zero-order chi connectivity index (χ0) is 39.0. The minimum atomic E-state index is -2.65. The van der Waals surface area contributed by atoms with Crippen LogP contribution in [0.4, 0.5) is 0 Å². The number of piperazine rings is 1. The highest BCUT2D eigenvalue weighted by atomic mass is 32.2. The SMILES string of the molecule is C1CCNC1.C1CCNCC1.C1CNC1.C1CNCCN1.C1COCCN1.C1NCC12COC2.C1O[C@@H]2CN[C@H]1C2.O=C1CCCN1.O=S1(=O)CCNCC1. The lowest BCUT2D eigenvalue weighted by Crippen LogP contribution is -2.64. The molecule has 0 saturated carbocycles. The summed E-state index contributed by atoms with van der Waals surface area (Å²) in [7, 11) is -2.65. The van der Waals surface area contributed by atoms with Crippen molar-refractivity contribution in [1.82, 2.24) is 53.2 Å². The Kier molecular flexibility index (Phi) is 28.0. The van der Waals surface area contributed by atoms with Crippen LogP contribution in [0, 0.1) is 5.41 Å². The van der Waals surface area contributed by atoms with Crippen LogP contribution in [0.3, 0.4) is 0 Å². The summed E-state index contributed by atoms with van der Waals surface area (Å²) in [5, 5.41) is 31.4. The second-order valence-electron chi connectivity index (χ2n) is 15.5. The maximum Gasteiger partial charge on any atom is 0.220 e. The van der Waals surface area contributed by atoms with E-state index in [-0.39, 0.29) is 5.91 Å². The number of ether oxygens (including phenoxy) is 3. The molecule has 17 heteroatoms. The molecule has 2 atom stereocenters. The number of nitrogens with one attached hydrogen (secondary N) is 10. The van der Waals surface area contributed by atoms with Gasteiger partial charge >= 0.3 is 0 Å². The van der Waals surface area contributed by atoms with Crippen molar-refractivity contribution in [2.45, 2.75) is 69.9 Å². The number of carbonyl (C=O) groups is 1. The van der Waals surface area contributed by atoms with Crippen LogP contribution < -0.4 is 53.2 Å². The molecule has 11 rings (SSSR count). The number of piperidine rings is 1. The van der Waals surface area contributed by atoms with E-state index < -0.39 is 9.84 Å². The van der Waals surface area contributed by atoms with Crippen LogP contribution in [0.5, 0.6) is 0 Å². The molecule has 0 aromatic rings. The van der Waals surface area contributed by atoms with Gasteiger partial charge in [0.05, 0.1) is 50.6 Å². The first-order valence-corrected chi connectivity index (χ1v) is 23.4. The maximum atomic E-state index is 10.6. The van der Waals surface area contributed by atoms with Crippen molar-refractivity contribution in [3.05, 3.63) is 0 Å². The number of sulfone groups is 1. The van der Waals surface area contributed by atoms with Gasteiger partial charge in [-0.25, -0.2) is 8.42 Å². The van der Waals surface area contributed by atoms with Gasteiger partial charge in [0.1, 0.15) is 0 Å². The molecule has 1 amide bonds. The highest BCUT2D eigenvalue weighted by molar-refractivity contribution is 7.91. The summed E-state index contributed by atoms with van der Waals surface area (Å²) < 4.78 is 36.6. The fraction of sp³-hybridized carbons (Fsp3) is 0.974. The van der Waals surface area contributed by atoms with Gasteiger partial charge in [-0.15, -0.1) is 0 Å². The van der Waals surface area contributed by atoms with E-state index in [0.29, 0.717) is 42.2 Å². The summed E-state index contributed by atoms with van der Waals surface area (Å²) in [4.78, 5) is 10.1. The Hall–Kier alpha value is -1.06. The zero-order valence-electron chi connectivity index (χ0n) is 34.1. The predicted octanol–water partition coefficient (Wildman–Crippen LogP) is -1.85. The van der Waals surface area contributed by atoms with Crippen LogP contribution in [0.25, 0.3) is 0 Å². The molecule has 11 aliphatic rings. The Labute approximate surface area is 333 Å². The van der Waals surface area contributed by atoms with Gasteiger partial charge in [0, 0.05) is 96.4 Å². The molecule has 0 aromatic heterocycles. The molecule has 324 valence electrons. The van der Waals surface area contributed by atoms with Gasteiger partial charge < -0.3 is 67.4 Å². The number of rotatable bonds is 0. The second kappa shape index (κ2) is 31.9. The molecule has 0 aromatic carbocycles. The average Bonchev–Trinajstić information content (AvgIpc) is 4.03. The van der Waals surface area contributed by atoms with Gasteiger partial charge in [-0.2, -0.15) is 0 Å². The molecular weight excluding hydrogens is 725 g/mol. The fourth-order valence-electron chi connectivity index (χ4n) is 6.33. The summed E-state index contributed by atoms with van der Waals surface area (Å²) in [5.74, 6) is 0.829. The molecule has 0 aliphatic carbocycles. The molecule has 11 saturated heterocycles. The lowest BCUT2D eigenvalue weighted by Gasteiger charge is -2.48. The summed E-state index contributed by atoms with van der Waals surface area (Å²) >= 11 is 0. The monoisotopic (exact) mass is 805 g/mol. The van der Waals surface area contributed by atoms with Crippen molar-refractivity contribution >= 4 is 15.7 Å². The number of amides is 1. The van der Waals surface area contributed by atoms with E-state index in [1.165, 1.54) is 97.3 Å². The van der Waals surface area contributed by atoms with Crippen LogP contribution in [0.2, 0.25) is 0 Å². The fourth-order valence-corrected chi connectivity index (χ4v) is 7.45. The van der Waals surface area contributed by atoms with E-state index in [0.717, 1.165) is 98.2 Å². The van der Waals surface area contributed by atoms with Gasteiger partial charge in [-0.3, -0.25) is 4.79 Å². The smallest absolute Gasteiger partial charge is 0.220 e. The Morgan fingerprint density at radius 2 is 1.05 bits per heavy atom. The summed E-state index contributed by atoms with van der Waals surface area (Å²) in [6.45, 7) is 24.4. The second-order valence-corrected chi connectivity index (χ2v) is 17.8. The third kappa shape index (κ3) is 25.8. The third-order valence-corrected chi connectivity index (χ3v) is 11.9. The van der Waals surface area contributed by atoms with Crippen molar-refractivity contribution in [3.8, 4) is 0 Å². The van der Waals surface area contributed by atoms with Gasteiger partial charge in [-0.05, 0) is 84.2 Å². The number of hydrogen-bond donors (Lipinski definition) is 10. The summed E-state index contributed by atoms with van der Waals surface area (Å²) in [5.41, 5.74) is 0.611. The van der Waals surface area contributed by atoms with E-state index >= 15 is 0 Å². The molecule has 16 nitrogen and oxygen atoms in total. The first kappa shape index (κ1) is 48.3. The topological polar surface area (TPSA) is 199 Å². The largest absolute Gasteiger partial charge is 0.380 e. The van der Waals surface area contributed by atoms with Gasteiger partial charge in [0.2, 0.25) is 5.91 Å². The Bertz CT molecular complexity index is 893. The third-order valence-electron chi connectivity index (χ3n) is 10.3. The molecule has 10 N–H and O–H groups in total. The minimum Gasteiger partial charge on any atom is -0.380 e. The lowest BCUT2D eigenvalue weighted by molar-refractivity contribution is -0.139. The normalized spacial score (nSPS) is 28.5. The summed E-state index contributed by atoms with van der Waals surface area (Å²) in [6, 6.07) is 0.699. The molecule has 2 bridgehead atoms. The van der Waals surface area contributed by atoms with Crippen LogP contribution in [0.15, 0.2) is 0 Å². The molecule has 11 heterocycles. The van der Waals surface area contributed by atoms with Crippen molar-refractivity contribution < 1.29 is 27.4 Å². The quantitative estimate of drug-likeness (QED) is 0.131. The Balaban J connectivity index is 0.000000167. The molecule has 55 heavy (non-hydrogen) atoms. The van der Waals surface area contributed by atoms with E-state index in [1.54, 1.807) is 0 Å². The summed E-state index contributed by atoms with van der Waals surface area (Å²) in [6.07, 6.45) is 12.0. The van der Waals surface area contributed by atoms with Crippen LogP contribution in [0.1, 0.15) is 57.8 Å². The molecule has 0 radical (unpaired) electrons. The number of fused-ring (bicyclic) bond motifs is 2. The highest BCUT2D eigenvalue weighted by Gasteiger charge is 2.43. The number of carbonyl (C=O) groups excluding carboxylic acids is 1. The molecule has 11 aliphatic heterocycles. The first-order valence-electron chi connectivity index (χ1n) is 21.6. The van der Waals surface area contributed by atoms with E-state index in [4.69, 9.17) is 14.2 Å². The van der Waals surface area contributed by atoms with E-state index in [9.17, 15) is 13.2 Å². The predicted molar refractivity (Wildman–Crippen MR) is 222 cm³/mol. The molecule has 0 unspecified atom stereocenters. The number of morpholine rings is 2. The van der Waals surface area contributed by atoms with Crippen molar-refractivity contribution in [3.63, 3.8) is 0 Å². The van der Waals surface area contributed by atoms with Gasteiger partial charge in [0.25, 0.3) is 0 Å². The Morgan fingerprint density at radius 1 is 0.545 bits per heavy atom. The van der Waals surface area contributed by atoms with Gasteiger partial charge in [-0.1, -0.05) is 6.42 Å². The van der Waals surface area contributed by atoms with Crippen LogP contribution in [-0.4, -0.2) is 189 Å². The maximum absolute atomic E-state index is 10.6. The zero-order valence-corrected chi connectivity index (χ0v) is 34.9. The van der Waals surface area contributed by atoms with E-state index in [1.807, 2.05) is 0 Å².